The van der Waals surface area contributed by atoms with Crippen molar-refractivity contribution in [2.75, 3.05) is 26.8 Å². The van der Waals surface area contributed by atoms with Crippen molar-refractivity contribution in [3.05, 3.63) is 0 Å². The Balaban J connectivity index is 1.74. The highest BCUT2D eigenvalue weighted by Gasteiger charge is 2.25. The molecule has 2 fully saturated rings. The fourth-order valence-electron chi connectivity index (χ4n) is 3.06. The minimum atomic E-state index is 0.367. The largest absolute Gasteiger partial charge is 0.380 e. The molecule has 0 aromatic heterocycles. The highest BCUT2D eigenvalue weighted by Crippen LogP contribution is 2.26. The van der Waals surface area contributed by atoms with Gasteiger partial charge in [0.15, 0.2) is 0 Å². The first-order valence-electron chi connectivity index (χ1n) is 6.81. The van der Waals surface area contributed by atoms with Gasteiger partial charge in [-0.1, -0.05) is 19.3 Å². The summed E-state index contributed by atoms with van der Waals surface area (Å²) in [5.41, 5.74) is 6.33. The van der Waals surface area contributed by atoms with Crippen molar-refractivity contribution >= 4 is 0 Å². The first-order chi connectivity index (χ1) is 7.77. The van der Waals surface area contributed by atoms with Crippen molar-refractivity contribution in [2.45, 2.75) is 50.6 Å². The maximum Gasteiger partial charge on any atom is 0.0622 e. The van der Waals surface area contributed by atoms with E-state index in [9.17, 15) is 0 Å². The highest BCUT2D eigenvalue weighted by molar-refractivity contribution is 4.82. The Kier molecular flexibility index (Phi) is 4.62. The predicted octanol–water partition coefficient (Wildman–Crippen LogP) is 1.61. The number of likely N-dealkylation sites (N-methyl/N-ethyl adjacent to an activating group) is 1. The number of hydrogen-bond acceptors (Lipinski definition) is 3. The molecule has 0 spiro atoms. The van der Waals surface area contributed by atoms with Gasteiger partial charge in [0.2, 0.25) is 0 Å². The molecule has 2 rings (SSSR count). The zero-order valence-corrected chi connectivity index (χ0v) is 10.5. The summed E-state index contributed by atoms with van der Waals surface area (Å²) in [4.78, 5) is 2.41. The fraction of sp³-hybridized carbons (Fsp3) is 1.00. The molecule has 2 unspecified atom stereocenters. The van der Waals surface area contributed by atoms with Crippen LogP contribution < -0.4 is 5.73 Å². The molecule has 1 heterocycles. The van der Waals surface area contributed by atoms with Gasteiger partial charge in [-0.2, -0.15) is 0 Å². The molecule has 3 nitrogen and oxygen atoms in total. The number of nitrogens with zero attached hydrogens (tertiary/aromatic N) is 1. The number of rotatable bonds is 4. The Morgan fingerprint density at radius 1 is 1.25 bits per heavy atom. The van der Waals surface area contributed by atoms with Gasteiger partial charge in [0.25, 0.3) is 0 Å². The number of nitrogens with two attached hydrogens (primary N) is 1. The molecule has 0 amide bonds. The first kappa shape index (κ1) is 12.3. The lowest BCUT2D eigenvalue weighted by atomic mass is 9.84. The van der Waals surface area contributed by atoms with Gasteiger partial charge in [-0.05, 0) is 32.2 Å². The van der Waals surface area contributed by atoms with Crippen molar-refractivity contribution in [3.8, 4) is 0 Å². The van der Waals surface area contributed by atoms with E-state index >= 15 is 0 Å². The minimum Gasteiger partial charge on any atom is -0.380 e. The summed E-state index contributed by atoms with van der Waals surface area (Å²) in [6, 6.07) is 0.973. The van der Waals surface area contributed by atoms with Crippen LogP contribution in [0.1, 0.15) is 38.5 Å². The zero-order valence-electron chi connectivity index (χ0n) is 10.5. The number of hydrogen-bond donors (Lipinski definition) is 1. The van der Waals surface area contributed by atoms with Crippen molar-refractivity contribution < 1.29 is 4.74 Å². The second-order valence-electron chi connectivity index (χ2n) is 5.52. The van der Waals surface area contributed by atoms with Crippen molar-refractivity contribution in [1.29, 1.82) is 0 Å². The van der Waals surface area contributed by atoms with Gasteiger partial charge in [0.1, 0.15) is 0 Å². The second kappa shape index (κ2) is 5.99. The van der Waals surface area contributed by atoms with Crippen LogP contribution in [0.2, 0.25) is 0 Å². The molecule has 2 aliphatic rings. The molecule has 94 valence electrons. The van der Waals surface area contributed by atoms with Gasteiger partial charge < -0.3 is 10.5 Å². The summed E-state index contributed by atoms with van der Waals surface area (Å²) in [5, 5.41) is 0. The standard InChI is InChI=1S/C13H26N2O/c1-15(12-7-8-16-10-12)9-13(14)11-5-3-2-4-6-11/h11-13H,2-10,14H2,1H3. The van der Waals surface area contributed by atoms with Gasteiger partial charge in [-0.3, -0.25) is 4.90 Å². The summed E-state index contributed by atoms with van der Waals surface area (Å²) in [6.45, 7) is 2.86. The topological polar surface area (TPSA) is 38.5 Å². The third-order valence-electron chi connectivity index (χ3n) is 4.28. The monoisotopic (exact) mass is 226 g/mol. The second-order valence-corrected chi connectivity index (χ2v) is 5.52. The SMILES string of the molecule is CN(CC(N)C1CCCCC1)C1CCOC1. The Labute approximate surface area is 99.3 Å². The third-order valence-corrected chi connectivity index (χ3v) is 4.28. The van der Waals surface area contributed by atoms with E-state index < -0.39 is 0 Å². The van der Waals surface area contributed by atoms with Crippen LogP contribution in [0.3, 0.4) is 0 Å². The van der Waals surface area contributed by atoms with E-state index in [0.717, 1.165) is 25.7 Å². The molecule has 2 atom stereocenters. The molecule has 1 saturated heterocycles. The fourth-order valence-corrected chi connectivity index (χ4v) is 3.06. The summed E-state index contributed by atoms with van der Waals surface area (Å²) in [5.74, 6) is 0.763. The lowest BCUT2D eigenvalue weighted by molar-refractivity contribution is 0.146. The van der Waals surface area contributed by atoms with E-state index in [1.54, 1.807) is 0 Å². The van der Waals surface area contributed by atoms with Crippen LogP contribution in [0.4, 0.5) is 0 Å². The summed E-state index contributed by atoms with van der Waals surface area (Å²) in [7, 11) is 2.20. The predicted molar refractivity (Wildman–Crippen MR) is 66.4 cm³/mol. The van der Waals surface area contributed by atoms with Crippen molar-refractivity contribution in [2.24, 2.45) is 11.7 Å². The molecule has 1 aliphatic carbocycles. The lowest BCUT2D eigenvalue weighted by Crippen LogP contribution is -2.45. The molecule has 0 radical (unpaired) electrons. The van der Waals surface area contributed by atoms with Crippen LogP contribution in [0, 0.1) is 5.92 Å². The van der Waals surface area contributed by atoms with Gasteiger partial charge in [-0.15, -0.1) is 0 Å². The minimum absolute atomic E-state index is 0.367. The Hall–Kier alpha value is -0.120. The molecule has 1 aliphatic heterocycles. The Morgan fingerprint density at radius 3 is 2.62 bits per heavy atom. The molecular formula is C13H26N2O. The lowest BCUT2D eigenvalue weighted by Gasteiger charge is -2.32. The molecule has 16 heavy (non-hydrogen) atoms. The maximum atomic E-state index is 6.33. The van der Waals surface area contributed by atoms with E-state index in [1.807, 2.05) is 0 Å². The molecule has 0 bridgehead atoms. The molecule has 0 aromatic rings. The van der Waals surface area contributed by atoms with Crippen molar-refractivity contribution in [3.63, 3.8) is 0 Å². The Morgan fingerprint density at radius 2 is 2.00 bits per heavy atom. The molecular weight excluding hydrogens is 200 g/mol. The van der Waals surface area contributed by atoms with E-state index in [1.165, 1.54) is 38.5 Å². The first-order valence-corrected chi connectivity index (χ1v) is 6.81. The van der Waals surface area contributed by atoms with Crippen LogP contribution >= 0.6 is 0 Å². The molecule has 1 saturated carbocycles. The number of ether oxygens (including phenoxy) is 1. The van der Waals surface area contributed by atoms with Gasteiger partial charge >= 0.3 is 0 Å². The Bertz CT molecular complexity index is 198. The molecule has 0 aromatic carbocycles. The van der Waals surface area contributed by atoms with Crippen LogP contribution in [0.5, 0.6) is 0 Å². The van der Waals surface area contributed by atoms with Crippen LogP contribution in [-0.4, -0.2) is 43.8 Å². The van der Waals surface area contributed by atoms with Gasteiger partial charge in [-0.25, -0.2) is 0 Å². The normalized spacial score (nSPS) is 29.8. The quantitative estimate of drug-likeness (QED) is 0.791. The third kappa shape index (κ3) is 3.19. The van der Waals surface area contributed by atoms with E-state index in [4.69, 9.17) is 10.5 Å². The average molecular weight is 226 g/mol. The zero-order chi connectivity index (χ0) is 11.4. The highest BCUT2D eigenvalue weighted by atomic mass is 16.5. The molecule has 2 N–H and O–H groups in total. The van der Waals surface area contributed by atoms with E-state index in [2.05, 4.69) is 11.9 Å². The van der Waals surface area contributed by atoms with Gasteiger partial charge in [0, 0.05) is 25.2 Å². The van der Waals surface area contributed by atoms with E-state index in [-0.39, 0.29) is 0 Å². The average Bonchev–Trinajstić information content (AvgIpc) is 2.83. The van der Waals surface area contributed by atoms with Crippen LogP contribution in [-0.2, 0) is 4.74 Å². The van der Waals surface area contributed by atoms with Crippen LogP contribution in [0.25, 0.3) is 0 Å². The smallest absolute Gasteiger partial charge is 0.0622 e. The summed E-state index contributed by atoms with van der Waals surface area (Å²) < 4.78 is 5.42. The van der Waals surface area contributed by atoms with Crippen LogP contribution in [0.15, 0.2) is 0 Å². The van der Waals surface area contributed by atoms with Gasteiger partial charge in [0.05, 0.1) is 6.61 Å². The van der Waals surface area contributed by atoms with Crippen molar-refractivity contribution in [1.82, 2.24) is 4.90 Å². The summed E-state index contributed by atoms with van der Waals surface area (Å²) in [6.07, 6.45) is 8.04. The maximum absolute atomic E-state index is 6.33. The van der Waals surface area contributed by atoms with E-state index in [0.29, 0.717) is 12.1 Å². The molecule has 3 heteroatoms. The summed E-state index contributed by atoms with van der Waals surface area (Å²) >= 11 is 0.